The van der Waals surface area contributed by atoms with Crippen molar-refractivity contribution in [1.82, 2.24) is 10.6 Å². The summed E-state index contributed by atoms with van der Waals surface area (Å²) in [6, 6.07) is 6.17. The SMILES string of the molecule is CC(C)(C)NC(=O)CNC(=O)C1(c2cccc(F)c2)CCC1. The van der Waals surface area contributed by atoms with Crippen molar-refractivity contribution < 1.29 is 14.0 Å². The van der Waals surface area contributed by atoms with Gasteiger partial charge in [0.2, 0.25) is 11.8 Å². The number of carbonyl (C=O) groups excluding carboxylic acids is 2. The molecule has 0 saturated heterocycles. The minimum absolute atomic E-state index is 0.0623. The van der Waals surface area contributed by atoms with E-state index in [1.54, 1.807) is 12.1 Å². The van der Waals surface area contributed by atoms with Crippen LogP contribution < -0.4 is 10.6 Å². The third kappa shape index (κ3) is 3.64. The van der Waals surface area contributed by atoms with Gasteiger partial charge < -0.3 is 10.6 Å². The minimum Gasteiger partial charge on any atom is -0.350 e. The van der Waals surface area contributed by atoms with E-state index in [2.05, 4.69) is 10.6 Å². The third-order valence-corrected chi connectivity index (χ3v) is 3.94. The highest BCUT2D eigenvalue weighted by Gasteiger charge is 2.45. The third-order valence-electron chi connectivity index (χ3n) is 3.94. The number of nitrogens with one attached hydrogen (secondary N) is 2. The first-order chi connectivity index (χ1) is 10.2. The zero-order valence-electron chi connectivity index (χ0n) is 13.3. The van der Waals surface area contributed by atoms with Crippen LogP contribution in [0.1, 0.15) is 45.6 Å². The predicted molar refractivity (Wildman–Crippen MR) is 82.8 cm³/mol. The Kier molecular flexibility index (Phi) is 4.54. The molecule has 0 atom stereocenters. The number of rotatable bonds is 4. The molecular formula is C17H23FN2O2. The summed E-state index contributed by atoms with van der Waals surface area (Å²) in [6.07, 6.45) is 2.30. The van der Waals surface area contributed by atoms with Crippen molar-refractivity contribution in [1.29, 1.82) is 0 Å². The standard InChI is InChI=1S/C17H23FN2O2/c1-16(2,3)20-14(21)11-19-15(22)17(8-5-9-17)12-6-4-7-13(18)10-12/h4,6-7,10H,5,8-9,11H2,1-3H3,(H,19,22)(H,20,21). The molecule has 120 valence electrons. The maximum atomic E-state index is 13.4. The van der Waals surface area contributed by atoms with E-state index in [1.165, 1.54) is 12.1 Å². The van der Waals surface area contributed by atoms with Crippen LogP contribution in [-0.2, 0) is 15.0 Å². The maximum absolute atomic E-state index is 13.4. The number of halogens is 1. The molecule has 2 N–H and O–H groups in total. The van der Waals surface area contributed by atoms with Crippen LogP contribution in [0, 0.1) is 5.82 Å². The molecule has 22 heavy (non-hydrogen) atoms. The minimum atomic E-state index is -0.690. The molecule has 1 aliphatic rings. The van der Waals surface area contributed by atoms with Gasteiger partial charge in [-0.05, 0) is 51.3 Å². The summed E-state index contributed by atoms with van der Waals surface area (Å²) >= 11 is 0. The highest BCUT2D eigenvalue weighted by atomic mass is 19.1. The van der Waals surface area contributed by atoms with Gasteiger partial charge in [-0.25, -0.2) is 4.39 Å². The fourth-order valence-electron chi connectivity index (χ4n) is 2.76. The molecule has 1 fully saturated rings. The monoisotopic (exact) mass is 306 g/mol. The molecule has 1 aliphatic carbocycles. The molecule has 1 saturated carbocycles. The van der Waals surface area contributed by atoms with Crippen LogP contribution in [0.5, 0.6) is 0 Å². The van der Waals surface area contributed by atoms with Crippen molar-refractivity contribution in [3.8, 4) is 0 Å². The van der Waals surface area contributed by atoms with Crippen LogP contribution in [0.25, 0.3) is 0 Å². The van der Waals surface area contributed by atoms with Crippen molar-refractivity contribution in [3.63, 3.8) is 0 Å². The summed E-state index contributed by atoms with van der Waals surface area (Å²) < 4.78 is 13.4. The summed E-state index contributed by atoms with van der Waals surface area (Å²) in [6.45, 7) is 5.58. The Morgan fingerprint density at radius 2 is 1.95 bits per heavy atom. The van der Waals surface area contributed by atoms with Crippen LogP contribution in [0.15, 0.2) is 24.3 Å². The zero-order chi connectivity index (χ0) is 16.4. The lowest BCUT2D eigenvalue weighted by molar-refractivity contribution is -0.132. The average Bonchev–Trinajstić information content (AvgIpc) is 2.33. The van der Waals surface area contributed by atoms with Crippen molar-refractivity contribution in [3.05, 3.63) is 35.6 Å². The van der Waals surface area contributed by atoms with E-state index in [9.17, 15) is 14.0 Å². The first-order valence-electron chi connectivity index (χ1n) is 7.58. The Morgan fingerprint density at radius 1 is 1.27 bits per heavy atom. The van der Waals surface area contributed by atoms with Gasteiger partial charge in [0.15, 0.2) is 0 Å². The van der Waals surface area contributed by atoms with Crippen molar-refractivity contribution in [2.24, 2.45) is 0 Å². The fraction of sp³-hybridized carbons (Fsp3) is 0.529. The summed E-state index contributed by atoms with van der Waals surface area (Å²) in [5.74, 6) is -0.773. The van der Waals surface area contributed by atoms with E-state index in [0.717, 1.165) is 6.42 Å². The second-order valence-electron chi connectivity index (χ2n) is 6.93. The number of benzene rings is 1. The Hall–Kier alpha value is -1.91. The van der Waals surface area contributed by atoms with E-state index >= 15 is 0 Å². The molecule has 0 spiro atoms. The van der Waals surface area contributed by atoms with Gasteiger partial charge in [0.1, 0.15) is 5.82 Å². The van der Waals surface area contributed by atoms with Crippen LogP contribution in [0.2, 0.25) is 0 Å². The smallest absolute Gasteiger partial charge is 0.239 e. The Bertz CT molecular complexity index is 574. The Morgan fingerprint density at radius 3 is 2.45 bits per heavy atom. The second-order valence-corrected chi connectivity index (χ2v) is 6.93. The topological polar surface area (TPSA) is 58.2 Å². The lowest BCUT2D eigenvalue weighted by atomic mass is 9.64. The highest BCUT2D eigenvalue weighted by molar-refractivity contribution is 5.92. The molecule has 2 amide bonds. The van der Waals surface area contributed by atoms with E-state index in [0.29, 0.717) is 18.4 Å². The molecule has 0 aliphatic heterocycles. The predicted octanol–water partition coefficient (Wildman–Crippen LogP) is 2.28. The summed E-state index contributed by atoms with van der Waals surface area (Å²) in [7, 11) is 0. The summed E-state index contributed by atoms with van der Waals surface area (Å²) in [4.78, 5) is 24.3. The van der Waals surface area contributed by atoms with Crippen LogP contribution in [0.4, 0.5) is 4.39 Å². The van der Waals surface area contributed by atoms with Crippen LogP contribution in [-0.4, -0.2) is 23.9 Å². The van der Waals surface area contributed by atoms with Gasteiger partial charge in [-0.1, -0.05) is 18.6 Å². The number of carbonyl (C=O) groups is 2. The van der Waals surface area contributed by atoms with Gasteiger partial charge in [0, 0.05) is 5.54 Å². The molecule has 1 aromatic carbocycles. The molecule has 0 aromatic heterocycles. The van der Waals surface area contributed by atoms with E-state index in [4.69, 9.17) is 0 Å². The van der Waals surface area contributed by atoms with Gasteiger partial charge in [0.05, 0.1) is 12.0 Å². The van der Waals surface area contributed by atoms with Crippen LogP contribution in [0.3, 0.4) is 0 Å². The molecule has 5 heteroatoms. The molecular weight excluding hydrogens is 283 g/mol. The largest absolute Gasteiger partial charge is 0.350 e. The molecule has 1 aromatic rings. The van der Waals surface area contributed by atoms with Gasteiger partial charge in [-0.2, -0.15) is 0 Å². The quantitative estimate of drug-likeness (QED) is 0.896. The van der Waals surface area contributed by atoms with Gasteiger partial charge in [-0.3, -0.25) is 9.59 Å². The lowest BCUT2D eigenvalue weighted by Crippen LogP contribution is -2.52. The van der Waals surface area contributed by atoms with Gasteiger partial charge >= 0.3 is 0 Å². The normalized spacial score (nSPS) is 16.5. The van der Waals surface area contributed by atoms with Gasteiger partial charge in [-0.15, -0.1) is 0 Å². The molecule has 0 bridgehead atoms. The Balaban J connectivity index is 2.02. The molecule has 4 nitrogen and oxygen atoms in total. The molecule has 0 heterocycles. The number of hydrogen-bond donors (Lipinski definition) is 2. The fourth-order valence-corrected chi connectivity index (χ4v) is 2.76. The zero-order valence-corrected chi connectivity index (χ0v) is 13.3. The summed E-state index contributed by atoms with van der Waals surface area (Å²) in [5, 5.41) is 5.49. The van der Waals surface area contributed by atoms with Gasteiger partial charge in [0.25, 0.3) is 0 Å². The molecule has 2 rings (SSSR count). The van der Waals surface area contributed by atoms with E-state index in [-0.39, 0.29) is 29.7 Å². The van der Waals surface area contributed by atoms with Crippen molar-refractivity contribution in [2.75, 3.05) is 6.54 Å². The van der Waals surface area contributed by atoms with Crippen molar-refractivity contribution >= 4 is 11.8 Å². The maximum Gasteiger partial charge on any atom is 0.239 e. The summed E-state index contributed by atoms with van der Waals surface area (Å²) in [5.41, 5.74) is -0.338. The number of amides is 2. The lowest BCUT2D eigenvalue weighted by Gasteiger charge is -2.40. The Labute approximate surface area is 130 Å². The molecule has 0 radical (unpaired) electrons. The number of hydrogen-bond acceptors (Lipinski definition) is 2. The first kappa shape index (κ1) is 16.5. The van der Waals surface area contributed by atoms with E-state index in [1.807, 2.05) is 20.8 Å². The second kappa shape index (κ2) is 6.07. The van der Waals surface area contributed by atoms with E-state index < -0.39 is 5.41 Å². The first-order valence-corrected chi connectivity index (χ1v) is 7.58. The van der Waals surface area contributed by atoms with Crippen molar-refractivity contribution in [2.45, 2.75) is 51.0 Å². The molecule has 0 unspecified atom stereocenters. The highest BCUT2D eigenvalue weighted by Crippen LogP contribution is 2.44. The average molecular weight is 306 g/mol. The van der Waals surface area contributed by atoms with Crippen LogP contribution >= 0.6 is 0 Å².